The Bertz CT molecular complexity index is 201. The van der Waals surface area contributed by atoms with Crippen molar-refractivity contribution in [2.24, 2.45) is 0 Å². The number of hydrogen-bond donors (Lipinski definition) is 1. The number of unbranched alkanes of at least 4 members (excludes halogenated alkanes) is 9. The summed E-state index contributed by atoms with van der Waals surface area (Å²) in [5, 5.41) is 3.27. The Morgan fingerprint density at radius 2 is 1.50 bits per heavy atom. The monoisotopic (exact) mass is 252 g/mol. The molecule has 0 unspecified atom stereocenters. The second-order valence-electron chi connectivity index (χ2n) is 5.52. The van der Waals surface area contributed by atoms with Gasteiger partial charge < -0.3 is 5.32 Å². The molecule has 0 aliphatic carbocycles. The average molecular weight is 252 g/mol. The zero-order valence-corrected chi connectivity index (χ0v) is 12.3. The normalized spacial score (nSPS) is 15.8. The number of nitrogens with one attached hydrogen (secondary N) is 1. The van der Waals surface area contributed by atoms with Crippen LogP contribution in [0, 0.1) is 0 Å². The maximum absolute atomic E-state index is 3.27. The molecule has 1 aliphatic heterocycles. The van der Waals surface area contributed by atoms with E-state index in [0.717, 1.165) is 13.2 Å². The van der Waals surface area contributed by atoms with Gasteiger partial charge in [-0.25, -0.2) is 0 Å². The van der Waals surface area contributed by atoms with Crippen molar-refractivity contribution in [3.05, 3.63) is 12.3 Å². The fraction of sp³-hybridized carbons (Fsp3) is 0.875. The molecule has 0 fully saturated rings. The van der Waals surface area contributed by atoms with Crippen LogP contribution >= 0.6 is 0 Å². The lowest BCUT2D eigenvalue weighted by molar-refractivity contribution is 0.273. The molecule has 2 nitrogen and oxygen atoms in total. The van der Waals surface area contributed by atoms with Crippen LogP contribution < -0.4 is 5.32 Å². The third-order valence-electron chi connectivity index (χ3n) is 3.74. The van der Waals surface area contributed by atoms with Crippen molar-refractivity contribution in [1.82, 2.24) is 10.2 Å². The minimum Gasteiger partial charge on any atom is -0.378 e. The molecule has 18 heavy (non-hydrogen) atoms. The van der Waals surface area contributed by atoms with Crippen LogP contribution in [-0.4, -0.2) is 24.7 Å². The number of nitrogens with zero attached hydrogens (tertiary/aromatic N) is 1. The molecular formula is C16H32N2. The Labute approximate surface area is 114 Å². The second kappa shape index (κ2) is 11.6. The van der Waals surface area contributed by atoms with E-state index in [2.05, 4.69) is 29.4 Å². The van der Waals surface area contributed by atoms with Crippen LogP contribution in [0.1, 0.15) is 71.1 Å². The molecule has 1 N–H and O–H groups in total. The van der Waals surface area contributed by atoms with Gasteiger partial charge in [-0.05, 0) is 12.6 Å². The molecule has 1 aliphatic rings. The molecule has 0 amide bonds. The van der Waals surface area contributed by atoms with Crippen molar-refractivity contribution in [2.45, 2.75) is 71.1 Å². The average Bonchev–Trinajstić information content (AvgIpc) is 2.42. The quantitative estimate of drug-likeness (QED) is 0.552. The predicted molar refractivity (Wildman–Crippen MR) is 80.6 cm³/mol. The highest BCUT2D eigenvalue weighted by Crippen LogP contribution is 2.10. The summed E-state index contributed by atoms with van der Waals surface area (Å²) in [4.78, 5) is 2.48. The van der Waals surface area contributed by atoms with Gasteiger partial charge >= 0.3 is 0 Å². The van der Waals surface area contributed by atoms with Crippen molar-refractivity contribution in [3.63, 3.8) is 0 Å². The van der Waals surface area contributed by atoms with Crippen LogP contribution in [0.25, 0.3) is 0 Å². The largest absolute Gasteiger partial charge is 0.378 e. The summed E-state index contributed by atoms with van der Waals surface area (Å²) in [5.41, 5.74) is 0. The van der Waals surface area contributed by atoms with Crippen LogP contribution in [0.15, 0.2) is 12.3 Å². The fourth-order valence-corrected chi connectivity index (χ4v) is 2.52. The van der Waals surface area contributed by atoms with E-state index in [1.54, 1.807) is 0 Å². The summed E-state index contributed by atoms with van der Waals surface area (Å²) in [5.74, 6) is 0. The molecule has 0 saturated heterocycles. The van der Waals surface area contributed by atoms with E-state index in [4.69, 9.17) is 0 Å². The van der Waals surface area contributed by atoms with Gasteiger partial charge in [0.1, 0.15) is 0 Å². The van der Waals surface area contributed by atoms with Crippen LogP contribution in [-0.2, 0) is 0 Å². The lowest BCUT2D eigenvalue weighted by Gasteiger charge is -2.23. The topological polar surface area (TPSA) is 15.3 Å². The Morgan fingerprint density at radius 3 is 2.06 bits per heavy atom. The van der Waals surface area contributed by atoms with Gasteiger partial charge in [0.25, 0.3) is 0 Å². The molecular weight excluding hydrogens is 220 g/mol. The molecule has 106 valence electrons. The van der Waals surface area contributed by atoms with Gasteiger partial charge in [-0.15, -0.1) is 0 Å². The van der Waals surface area contributed by atoms with E-state index in [1.165, 1.54) is 70.8 Å². The van der Waals surface area contributed by atoms with Gasteiger partial charge in [-0.3, -0.25) is 4.90 Å². The van der Waals surface area contributed by atoms with Gasteiger partial charge in [0.05, 0.1) is 6.67 Å². The van der Waals surface area contributed by atoms with Gasteiger partial charge in [0.15, 0.2) is 0 Å². The minimum atomic E-state index is 1.04. The molecule has 0 saturated carbocycles. The summed E-state index contributed by atoms with van der Waals surface area (Å²) in [6, 6.07) is 0. The third-order valence-corrected chi connectivity index (χ3v) is 3.74. The molecule has 0 aromatic carbocycles. The summed E-state index contributed by atoms with van der Waals surface area (Å²) in [6.07, 6.45) is 18.5. The van der Waals surface area contributed by atoms with Gasteiger partial charge in [-0.2, -0.15) is 0 Å². The first kappa shape index (κ1) is 15.6. The maximum atomic E-state index is 3.27. The molecule has 0 bridgehead atoms. The molecule has 0 radical (unpaired) electrons. The van der Waals surface area contributed by atoms with E-state index in [9.17, 15) is 0 Å². The van der Waals surface area contributed by atoms with Crippen LogP contribution in [0.3, 0.4) is 0 Å². The third kappa shape index (κ3) is 8.57. The van der Waals surface area contributed by atoms with Gasteiger partial charge in [-0.1, -0.05) is 70.8 Å². The first-order valence-electron chi connectivity index (χ1n) is 8.04. The van der Waals surface area contributed by atoms with Crippen molar-refractivity contribution in [1.29, 1.82) is 0 Å². The lowest BCUT2D eigenvalue weighted by atomic mass is 10.1. The Kier molecular flexibility index (Phi) is 10.0. The zero-order chi connectivity index (χ0) is 12.9. The Balaban J connectivity index is 1.74. The second-order valence-corrected chi connectivity index (χ2v) is 5.52. The fourth-order valence-electron chi connectivity index (χ4n) is 2.52. The molecule has 1 rings (SSSR count). The molecule has 2 heteroatoms. The van der Waals surface area contributed by atoms with Crippen molar-refractivity contribution >= 4 is 0 Å². The molecule has 0 atom stereocenters. The molecule has 1 heterocycles. The summed E-state index contributed by atoms with van der Waals surface area (Å²) >= 11 is 0. The van der Waals surface area contributed by atoms with Crippen LogP contribution in [0.5, 0.6) is 0 Å². The highest BCUT2D eigenvalue weighted by atomic mass is 15.2. The first-order valence-corrected chi connectivity index (χ1v) is 8.04. The smallest absolute Gasteiger partial charge is 0.0675 e. The van der Waals surface area contributed by atoms with Crippen molar-refractivity contribution < 1.29 is 0 Å². The number of hydrogen-bond acceptors (Lipinski definition) is 2. The Hall–Kier alpha value is -0.500. The molecule has 0 spiro atoms. The minimum absolute atomic E-state index is 1.04. The van der Waals surface area contributed by atoms with Crippen molar-refractivity contribution in [2.75, 3.05) is 19.8 Å². The van der Waals surface area contributed by atoms with Gasteiger partial charge in [0.2, 0.25) is 0 Å². The highest BCUT2D eigenvalue weighted by Gasteiger charge is 2.03. The van der Waals surface area contributed by atoms with E-state index in [0.29, 0.717) is 0 Å². The van der Waals surface area contributed by atoms with Crippen LogP contribution in [0.2, 0.25) is 0 Å². The molecule has 0 aromatic rings. The number of rotatable bonds is 11. The maximum Gasteiger partial charge on any atom is 0.0675 e. The summed E-state index contributed by atoms with van der Waals surface area (Å²) in [6.45, 7) is 5.71. The van der Waals surface area contributed by atoms with E-state index in [-0.39, 0.29) is 0 Å². The molecule has 0 aromatic heterocycles. The summed E-state index contributed by atoms with van der Waals surface area (Å²) < 4.78 is 0. The standard InChI is InChI=1S/C16H32N2/c1-2-3-4-5-6-7-8-9-10-11-14-18-15-12-13-17-16-18/h12-13,17H,2-11,14-16H2,1H3. The van der Waals surface area contributed by atoms with E-state index in [1.807, 2.05) is 0 Å². The van der Waals surface area contributed by atoms with Crippen molar-refractivity contribution in [3.8, 4) is 0 Å². The van der Waals surface area contributed by atoms with Crippen LogP contribution in [0.4, 0.5) is 0 Å². The SMILES string of the molecule is CCCCCCCCCCCCN1CC=CNC1. The Morgan fingerprint density at radius 1 is 0.889 bits per heavy atom. The van der Waals surface area contributed by atoms with E-state index >= 15 is 0 Å². The highest BCUT2D eigenvalue weighted by molar-refractivity contribution is 4.87. The van der Waals surface area contributed by atoms with E-state index < -0.39 is 0 Å². The van der Waals surface area contributed by atoms with Gasteiger partial charge in [0, 0.05) is 13.1 Å². The first-order chi connectivity index (χ1) is 8.93. The summed E-state index contributed by atoms with van der Waals surface area (Å²) in [7, 11) is 0. The predicted octanol–water partition coefficient (Wildman–Crippen LogP) is 4.28. The zero-order valence-electron chi connectivity index (χ0n) is 12.3. The lowest BCUT2D eigenvalue weighted by Crippen LogP contribution is -2.36.